The van der Waals surface area contributed by atoms with Gasteiger partial charge in [0.2, 0.25) is 0 Å². The van der Waals surface area contributed by atoms with E-state index in [1.54, 1.807) is 0 Å². The molecule has 0 unspecified atom stereocenters. The van der Waals surface area contributed by atoms with E-state index in [1.165, 1.54) is 30.6 Å². The van der Waals surface area contributed by atoms with Gasteiger partial charge in [-0.1, -0.05) is 50.1 Å². The fourth-order valence-corrected chi connectivity index (χ4v) is 4.39. The van der Waals surface area contributed by atoms with Gasteiger partial charge in [-0.25, -0.2) is 4.98 Å². The van der Waals surface area contributed by atoms with Crippen LogP contribution in [-0.4, -0.2) is 22.0 Å². The van der Waals surface area contributed by atoms with E-state index in [-0.39, 0.29) is 5.91 Å². The summed E-state index contributed by atoms with van der Waals surface area (Å²) < 4.78 is 0. The molecule has 1 aliphatic rings. The molecular formula is C19H24N4OS2. The van der Waals surface area contributed by atoms with Crippen LogP contribution >= 0.6 is 23.6 Å². The Morgan fingerprint density at radius 3 is 2.65 bits per heavy atom. The quantitative estimate of drug-likeness (QED) is 0.551. The number of nitrogens with one attached hydrogen (secondary N) is 3. The van der Waals surface area contributed by atoms with Crippen molar-refractivity contribution in [2.45, 2.75) is 45.6 Å². The first-order chi connectivity index (χ1) is 12.5. The summed E-state index contributed by atoms with van der Waals surface area (Å²) in [6, 6.07) is 10.2. The number of thiazole rings is 1. The van der Waals surface area contributed by atoms with Crippen LogP contribution in [0.5, 0.6) is 0 Å². The van der Waals surface area contributed by atoms with Gasteiger partial charge in [0.1, 0.15) is 9.88 Å². The Labute approximate surface area is 163 Å². The summed E-state index contributed by atoms with van der Waals surface area (Å²) in [6.45, 7) is 4.09. The van der Waals surface area contributed by atoms with Crippen molar-refractivity contribution in [1.82, 2.24) is 21.2 Å². The average Bonchev–Trinajstić information content (AvgIpc) is 3.04. The number of carbonyl (C=O) groups is 1. The molecule has 2 aromatic rings. The third kappa shape index (κ3) is 4.59. The molecule has 1 aromatic heterocycles. The van der Waals surface area contributed by atoms with Crippen molar-refractivity contribution in [2.24, 2.45) is 5.92 Å². The summed E-state index contributed by atoms with van der Waals surface area (Å²) in [5, 5.41) is 4.61. The predicted molar refractivity (Wildman–Crippen MR) is 110 cm³/mol. The number of aromatic nitrogens is 1. The Balaban J connectivity index is 1.56. The molecule has 3 rings (SSSR count). The maximum Gasteiger partial charge on any atom is 0.281 e. The number of hydrogen-bond acceptors (Lipinski definition) is 4. The molecule has 3 N–H and O–H groups in total. The van der Waals surface area contributed by atoms with Crippen LogP contribution in [0.15, 0.2) is 30.3 Å². The van der Waals surface area contributed by atoms with Gasteiger partial charge < -0.3 is 5.32 Å². The summed E-state index contributed by atoms with van der Waals surface area (Å²) in [7, 11) is 0. The second kappa shape index (κ2) is 8.60. The van der Waals surface area contributed by atoms with E-state index in [0.29, 0.717) is 27.6 Å². The zero-order chi connectivity index (χ0) is 18.5. The van der Waals surface area contributed by atoms with Crippen molar-refractivity contribution in [2.75, 3.05) is 0 Å². The molecule has 1 aromatic carbocycles. The zero-order valence-electron chi connectivity index (χ0n) is 15.0. The van der Waals surface area contributed by atoms with Gasteiger partial charge in [0.25, 0.3) is 5.91 Å². The van der Waals surface area contributed by atoms with Crippen LogP contribution in [-0.2, 0) is 0 Å². The highest BCUT2D eigenvalue weighted by atomic mass is 32.1. The smallest absolute Gasteiger partial charge is 0.281 e. The highest BCUT2D eigenvalue weighted by Gasteiger charge is 2.22. The van der Waals surface area contributed by atoms with Gasteiger partial charge in [0.05, 0.1) is 5.69 Å². The molecule has 2 atom stereocenters. The first-order valence-electron chi connectivity index (χ1n) is 8.94. The minimum absolute atomic E-state index is 0.219. The monoisotopic (exact) mass is 388 g/mol. The maximum absolute atomic E-state index is 12.5. The van der Waals surface area contributed by atoms with Gasteiger partial charge in [-0.05, 0) is 37.9 Å². The number of thiocarbonyl (C=S) groups is 1. The lowest BCUT2D eigenvalue weighted by atomic mass is 9.86. The molecule has 1 aliphatic carbocycles. The van der Waals surface area contributed by atoms with Gasteiger partial charge in [-0.2, -0.15) is 0 Å². The first kappa shape index (κ1) is 18.8. The van der Waals surface area contributed by atoms with Crippen molar-refractivity contribution >= 4 is 34.6 Å². The van der Waals surface area contributed by atoms with Crippen molar-refractivity contribution in [1.29, 1.82) is 0 Å². The number of amides is 1. The Kier molecular flexibility index (Phi) is 6.21. The molecule has 0 spiro atoms. The van der Waals surface area contributed by atoms with Crippen LogP contribution in [0, 0.1) is 12.8 Å². The molecule has 5 nitrogen and oxygen atoms in total. The summed E-state index contributed by atoms with van der Waals surface area (Å²) in [5.41, 5.74) is 7.24. The lowest BCUT2D eigenvalue weighted by Gasteiger charge is -2.30. The minimum atomic E-state index is -0.219. The van der Waals surface area contributed by atoms with Crippen molar-refractivity contribution in [3.05, 3.63) is 40.9 Å². The molecule has 1 heterocycles. The Hall–Kier alpha value is -1.99. The number of hydrazine groups is 1. The van der Waals surface area contributed by atoms with Crippen molar-refractivity contribution in [3.8, 4) is 10.6 Å². The fourth-order valence-electron chi connectivity index (χ4n) is 3.22. The molecule has 0 saturated heterocycles. The van der Waals surface area contributed by atoms with E-state index in [0.717, 1.165) is 17.0 Å². The molecule has 7 heteroatoms. The van der Waals surface area contributed by atoms with E-state index in [2.05, 4.69) is 28.1 Å². The van der Waals surface area contributed by atoms with Crippen LogP contribution in [0.1, 0.15) is 48.0 Å². The lowest BCUT2D eigenvalue weighted by molar-refractivity contribution is 0.0946. The standard InChI is InChI=1S/C19H24N4OS2/c1-12-8-6-7-11-15(12)21-19(25)23-22-17(24)16-13(2)20-18(26-16)14-9-4-3-5-10-14/h3-5,9-10,12,15H,6-8,11H2,1-2H3,(H,22,24)(H2,21,23,25)/t12-,15+/m1/s1. The van der Waals surface area contributed by atoms with E-state index in [4.69, 9.17) is 12.2 Å². The molecule has 0 radical (unpaired) electrons. The molecule has 1 fully saturated rings. The highest BCUT2D eigenvalue weighted by Crippen LogP contribution is 2.27. The summed E-state index contributed by atoms with van der Waals surface area (Å²) >= 11 is 6.70. The Morgan fingerprint density at radius 2 is 1.92 bits per heavy atom. The molecule has 0 aliphatic heterocycles. The molecule has 138 valence electrons. The summed E-state index contributed by atoms with van der Waals surface area (Å²) in [6.07, 6.45) is 4.84. The summed E-state index contributed by atoms with van der Waals surface area (Å²) in [5.74, 6) is 0.374. The van der Waals surface area contributed by atoms with Gasteiger partial charge >= 0.3 is 0 Å². The molecule has 26 heavy (non-hydrogen) atoms. The third-order valence-corrected chi connectivity index (χ3v) is 6.17. The molecular weight excluding hydrogens is 364 g/mol. The van der Waals surface area contributed by atoms with E-state index >= 15 is 0 Å². The average molecular weight is 389 g/mol. The number of aryl methyl sites for hydroxylation is 1. The highest BCUT2D eigenvalue weighted by molar-refractivity contribution is 7.80. The topological polar surface area (TPSA) is 66.0 Å². The second-order valence-electron chi connectivity index (χ2n) is 6.72. The van der Waals surface area contributed by atoms with Crippen LogP contribution < -0.4 is 16.2 Å². The van der Waals surface area contributed by atoms with E-state index in [1.807, 2.05) is 37.3 Å². The van der Waals surface area contributed by atoms with Gasteiger partial charge in [0.15, 0.2) is 5.11 Å². The predicted octanol–water partition coefficient (Wildman–Crippen LogP) is 3.81. The van der Waals surface area contributed by atoms with Crippen LogP contribution in [0.2, 0.25) is 0 Å². The number of nitrogens with zero attached hydrogens (tertiary/aromatic N) is 1. The van der Waals surface area contributed by atoms with Gasteiger partial charge in [-0.15, -0.1) is 11.3 Å². The minimum Gasteiger partial charge on any atom is -0.358 e. The van der Waals surface area contributed by atoms with Crippen LogP contribution in [0.3, 0.4) is 0 Å². The Bertz CT molecular complexity index is 775. The first-order valence-corrected chi connectivity index (χ1v) is 10.2. The van der Waals surface area contributed by atoms with Gasteiger partial charge in [-0.3, -0.25) is 15.6 Å². The number of hydrogen-bond donors (Lipinski definition) is 3. The van der Waals surface area contributed by atoms with Crippen LogP contribution in [0.25, 0.3) is 10.6 Å². The normalized spacial score (nSPS) is 19.6. The SMILES string of the molecule is Cc1nc(-c2ccccc2)sc1C(=O)NNC(=S)N[C@H]1CCCC[C@H]1C. The number of carbonyl (C=O) groups excluding carboxylic acids is 1. The van der Waals surface area contributed by atoms with Crippen molar-refractivity contribution < 1.29 is 4.79 Å². The van der Waals surface area contributed by atoms with E-state index in [9.17, 15) is 4.79 Å². The lowest BCUT2D eigenvalue weighted by Crippen LogP contribution is -2.51. The Morgan fingerprint density at radius 1 is 1.19 bits per heavy atom. The number of rotatable bonds is 3. The molecule has 1 amide bonds. The third-order valence-electron chi connectivity index (χ3n) is 4.74. The largest absolute Gasteiger partial charge is 0.358 e. The number of benzene rings is 1. The maximum atomic E-state index is 12.5. The van der Waals surface area contributed by atoms with Gasteiger partial charge in [0, 0.05) is 11.6 Å². The zero-order valence-corrected chi connectivity index (χ0v) is 16.7. The van der Waals surface area contributed by atoms with E-state index < -0.39 is 0 Å². The molecule has 0 bridgehead atoms. The second-order valence-corrected chi connectivity index (χ2v) is 8.13. The van der Waals surface area contributed by atoms with Crippen LogP contribution in [0.4, 0.5) is 0 Å². The summed E-state index contributed by atoms with van der Waals surface area (Å²) in [4.78, 5) is 17.6. The van der Waals surface area contributed by atoms with Crippen molar-refractivity contribution in [3.63, 3.8) is 0 Å². The fraction of sp³-hybridized carbons (Fsp3) is 0.421. The molecule has 1 saturated carbocycles.